The molecule has 0 aliphatic rings. The number of H-pyrrole nitrogens is 1. The van der Waals surface area contributed by atoms with E-state index in [-0.39, 0.29) is 5.97 Å². The first-order valence-corrected chi connectivity index (χ1v) is 6.98. The zero-order valence-corrected chi connectivity index (χ0v) is 12.5. The van der Waals surface area contributed by atoms with Gasteiger partial charge in [0.25, 0.3) is 0 Å². The summed E-state index contributed by atoms with van der Waals surface area (Å²) >= 11 is 0. The van der Waals surface area contributed by atoms with Crippen LogP contribution in [0.3, 0.4) is 0 Å². The number of ether oxygens (including phenoxy) is 1. The summed E-state index contributed by atoms with van der Waals surface area (Å²) in [5, 5.41) is 8.89. The number of aromatic nitrogens is 1. The molecule has 0 bridgehead atoms. The maximum atomic E-state index is 12.1. The van der Waals surface area contributed by atoms with E-state index in [0.717, 1.165) is 35.4 Å². The highest BCUT2D eigenvalue weighted by atomic mass is 16.5. The molecule has 0 unspecified atom stereocenters. The van der Waals surface area contributed by atoms with Crippen molar-refractivity contribution in [2.24, 2.45) is 0 Å². The van der Waals surface area contributed by atoms with Gasteiger partial charge in [0.15, 0.2) is 0 Å². The third-order valence-corrected chi connectivity index (χ3v) is 3.55. The lowest BCUT2D eigenvalue weighted by molar-refractivity contribution is 0.0600. The van der Waals surface area contributed by atoms with Crippen molar-refractivity contribution in [2.45, 2.75) is 26.7 Å². The zero-order chi connectivity index (χ0) is 15.4. The summed E-state index contributed by atoms with van der Waals surface area (Å²) < 4.78 is 4.93. The van der Waals surface area contributed by atoms with E-state index < -0.39 is 0 Å². The average Bonchev–Trinajstić information content (AvgIpc) is 2.92. The van der Waals surface area contributed by atoms with Crippen molar-refractivity contribution in [1.29, 1.82) is 5.26 Å². The summed E-state index contributed by atoms with van der Waals surface area (Å²) in [5.74, 6) is -0.331. The second-order valence-corrected chi connectivity index (χ2v) is 4.72. The highest BCUT2D eigenvalue weighted by Gasteiger charge is 2.23. The summed E-state index contributed by atoms with van der Waals surface area (Å²) in [6, 6.07) is 9.35. The van der Waals surface area contributed by atoms with E-state index in [4.69, 9.17) is 10.00 Å². The Morgan fingerprint density at radius 1 is 1.19 bits per heavy atom. The van der Waals surface area contributed by atoms with Crippen molar-refractivity contribution in [3.63, 3.8) is 0 Å². The maximum Gasteiger partial charge on any atom is 0.340 e. The SMILES string of the molecule is CCc1[nH]c(CC)c(-c2ccc(C#N)cc2)c1C(=O)OC. The van der Waals surface area contributed by atoms with Gasteiger partial charge in [-0.1, -0.05) is 26.0 Å². The first-order chi connectivity index (χ1) is 10.2. The van der Waals surface area contributed by atoms with Gasteiger partial charge in [0.1, 0.15) is 0 Å². The summed E-state index contributed by atoms with van der Waals surface area (Å²) in [7, 11) is 1.39. The van der Waals surface area contributed by atoms with Gasteiger partial charge in [0.05, 0.1) is 24.3 Å². The third kappa shape index (κ3) is 2.68. The average molecular weight is 282 g/mol. The lowest BCUT2D eigenvalue weighted by Crippen LogP contribution is -2.05. The molecule has 0 aliphatic heterocycles. The molecule has 0 amide bonds. The number of aryl methyl sites for hydroxylation is 2. The number of esters is 1. The molecule has 1 N–H and O–H groups in total. The molecule has 0 saturated heterocycles. The molecule has 0 atom stereocenters. The topological polar surface area (TPSA) is 65.9 Å². The fourth-order valence-corrected chi connectivity index (χ4v) is 2.50. The van der Waals surface area contributed by atoms with Gasteiger partial charge in [0, 0.05) is 17.0 Å². The molecule has 108 valence electrons. The number of carbonyl (C=O) groups is 1. The van der Waals surface area contributed by atoms with Crippen molar-refractivity contribution in [2.75, 3.05) is 7.11 Å². The summed E-state index contributed by atoms with van der Waals surface area (Å²) in [6.07, 6.45) is 1.52. The smallest absolute Gasteiger partial charge is 0.340 e. The van der Waals surface area contributed by atoms with Crippen LogP contribution in [0.1, 0.15) is 41.2 Å². The molecule has 0 saturated carbocycles. The Kier molecular flexibility index (Phi) is 4.44. The summed E-state index contributed by atoms with van der Waals surface area (Å²) in [4.78, 5) is 15.5. The maximum absolute atomic E-state index is 12.1. The quantitative estimate of drug-likeness (QED) is 0.873. The van der Waals surface area contributed by atoms with Crippen molar-refractivity contribution in [3.8, 4) is 17.2 Å². The highest BCUT2D eigenvalue weighted by molar-refractivity contribution is 5.99. The Morgan fingerprint density at radius 3 is 2.29 bits per heavy atom. The number of nitrogens with one attached hydrogen (secondary N) is 1. The molecule has 4 nitrogen and oxygen atoms in total. The van der Waals surface area contributed by atoms with E-state index in [1.165, 1.54) is 7.11 Å². The van der Waals surface area contributed by atoms with Crippen LogP contribution in [-0.2, 0) is 17.6 Å². The van der Waals surface area contributed by atoms with Gasteiger partial charge >= 0.3 is 5.97 Å². The van der Waals surface area contributed by atoms with Crippen molar-refractivity contribution >= 4 is 5.97 Å². The third-order valence-electron chi connectivity index (χ3n) is 3.55. The monoisotopic (exact) mass is 282 g/mol. The van der Waals surface area contributed by atoms with Crippen LogP contribution in [0.25, 0.3) is 11.1 Å². The predicted molar refractivity (Wildman–Crippen MR) is 81.0 cm³/mol. The second kappa shape index (κ2) is 6.27. The van der Waals surface area contributed by atoms with Crippen LogP contribution in [0.2, 0.25) is 0 Å². The Morgan fingerprint density at radius 2 is 1.81 bits per heavy atom. The Balaban J connectivity index is 2.67. The van der Waals surface area contributed by atoms with Gasteiger partial charge in [-0.3, -0.25) is 0 Å². The normalized spacial score (nSPS) is 10.2. The highest BCUT2D eigenvalue weighted by Crippen LogP contribution is 2.32. The van der Waals surface area contributed by atoms with Crippen LogP contribution in [0.5, 0.6) is 0 Å². The number of aromatic amines is 1. The molecule has 21 heavy (non-hydrogen) atoms. The Labute approximate surface area is 124 Å². The fourth-order valence-electron chi connectivity index (χ4n) is 2.50. The van der Waals surface area contributed by atoms with E-state index in [9.17, 15) is 4.79 Å². The minimum absolute atomic E-state index is 0.331. The number of nitriles is 1. The summed E-state index contributed by atoms with van der Waals surface area (Å²) in [6.45, 7) is 4.04. The molecule has 0 spiro atoms. The van der Waals surface area contributed by atoms with Crippen molar-refractivity contribution < 1.29 is 9.53 Å². The molecule has 1 aromatic heterocycles. The van der Waals surface area contributed by atoms with Crippen LogP contribution >= 0.6 is 0 Å². The molecule has 2 aromatic rings. The lowest BCUT2D eigenvalue weighted by atomic mass is 9.97. The van der Waals surface area contributed by atoms with Gasteiger partial charge in [-0.25, -0.2) is 4.79 Å². The number of hydrogen-bond donors (Lipinski definition) is 1. The van der Waals surface area contributed by atoms with E-state index in [2.05, 4.69) is 11.1 Å². The Bertz CT molecular complexity index is 691. The van der Waals surface area contributed by atoms with Crippen LogP contribution in [0.15, 0.2) is 24.3 Å². The lowest BCUT2D eigenvalue weighted by Gasteiger charge is -2.07. The Hall–Kier alpha value is -2.54. The van der Waals surface area contributed by atoms with Gasteiger partial charge in [-0.15, -0.1) is 0 Å². The number of benzene rings is 1. The first-order valence-electron chi connectivity index (χ1n) is 6.98. The minimum atomic E-state index is -0.331. The second-order valence-electron chi connectivity index (χ2n) is 4.72. The standard InChI is InChI=1S/C17H18N2O2/c1-4-13-15(12-8-6-11(10-18)7-9-12)16(17(20)21-3)14(5-2)19-13/h6-9,19H,4-5H2,1-3H3. The van der Waals surface area contributed by atoms with Crippen LogP contribution in [0.4, 0.5) is 0 Å². The van der Waals surface area contributed by atoms with E-state index in [0.29, 0.717) is 11.1 Å². The number of methoxy groups -OCH3 is 1. The van der Waals surface area contributed by atoms with Gasteiger partial charge < -0.3 is 9.72 Å². The van der Waals surface area contributed by atoms with Crippen LogP contribution in [-0.4, -0.2) is 18.1 Å². The van der Waals surface area contributed by atoms with Crippen molar-refractivity contribution in [1.82, 2.24) is 4.98 Å². The molecule has 1 heterocycles. The summed E-state index contributed by atoms with van der Waals surface area (Å²) in [5.41, 5.74) is 4.90. The molecule has 4 heteroatoms. The van der Waals surface area contributed by atoms with E-state index in [1.54, 1.807) is 12.1 Å². The predicted octanol–water partition coefficient (Wildman–Crippen LogP) is 3.46. The molecule has 0 aliphatic carbocycles. The largest absolute Gasteiger partial charge is 0.465 e. The van der Waals surface area contributed by atoms with Gasteiger partial charge in [0.2, 0.25) is 0 Å². The molecule has 0 radical (unpaired) electrons. The van der Waals surface area contributed by atoms with Crippen molar-refractivity contribution in [3.05, 3.63) is 46.8 Å². The zero-order valence-electron chi connectivity index (χ0n) is 12.5. The number of rotatable bonds is 4. The molecular weight excluding hydrogens is 264 g/mol. The number of carbonyl (C=O) groups excluding carboxylic acids is 1. The van der Waals surface area contributed by atoms with Crippen LogP contribution in [0, 0.1) is 11.3 Å². The number of hydrogen-bond acceptors (Lipinski definition) is 3. The van der Waals surface area contributed by atoms with E-state index >= 15 is 0 Å². The molecule has 2 rings (SSSR count). The van der Waals surface area contributed by atoms with Crippen LogP contribution < -0.4 is 0 Å². The van der Waals surface area contributed by atoms with E-state index in [1.807, 2.05) is 26.0 Å². The van der Waals surface area contributed by atoms with Gasteiger partial charge in [-0.05, 0) is 30.5 Å². The number of nitrogens with zero attached hydrogens (tertiary/aromatic N) is 1. The van der Waals surface area contributed by atoms with Gasteiger partial charge in [-0.2, -0.15) is 5.26 Å². The fraction of sp³-hybridized carbons (Fsp3) is 0.294. The molecule has 0 fully saturated rings. The minimum Gasteiger partial charge on any atom is -0.465 e. The first kappa shape index (κ1) is 14.9. The molecule has 1 aromatic carbocycles. The molecular formula is C17H18N2O2.